The van der Waals surface area contributed by atoms with Gasteiger partial charge in [0.05, 0.1) is 6.04 Å². The van der Waals surface area contributed by atoms with Crippen LogP contribution in [-0.4, -0.2) is 25.0 Å². The minimum Gasteiger partial charge on any atom is -0.340 e. The number of urea groups is 1. The van der Waals surface area contributed by atoms with E-state index in [2.05, 4.69) is 10.6 Å². The molecule has 7 heteroatoms. The first-order valence-electron chi connectivity index (χ1n) is 8.87. The van der Waals surface area contributed by atoms with Crippen molar-refractivity contribution in [1.29, 1.82) is 0 Å². The van der Waals surface area contributed by atoms with Gasteiger partial charge in [-0.05, 0) is 47.3 Å². The summed E-state index contributed by atoms with van der Waals surface area (Å²) in [6.45, 7) is 1.19. The highest BCUT2D eigenvalue weighted by Gasteiger charge is 2.23. The molecule has 1 saturated heterocycles. The Morgan fingerprint density at radius 2 is 1.96 bits per heavy atom. The lowest BCUT2D eigenvalue weighted by Crippen LogP contribution is -2.30. The first kappa shape index (κ1) is 18.5. The SMILES string of the molecule is O=C(NC(c1ccc(Cl)cc1)c1cccs1)c1cccc(N2CCNC2=O)c1. The number of carbonyl (C=O) groups is 2. The monoisotopic (exact) mass is 411 g/mol. The van der Waals surface area contributed by atoms with E-state index in [4.69, 9.17) is 11.6 Å². The summed E-state index contributed by atoms with van der Waals surface area (Å²) in [5, 5.41) is 8.51. The van der Waals surface area contributed by atoms with E-state index in [1.165, 1.54) is 0 Å². The zero-order valence-corrected chi connectivity index (χ0v) is 16.5. The standard InChI is InChI=1S/C21H18ClN3O2S/c22-16-8-6-14(7-9-16)19(18-5-2-12-28-18)24-20(26)15-3-1-4-17(13-15)25-11-10-23-21(25)27/h1-9,12-13,19H,10-11H2,(H,23,27)(H,24,26). The van der Waals surface area contributed by atoms with Gasteiger partial charge in [0.2, 0.25) is 0 Å². The molecule has 3 aromatic rings. The second kappa shape index (κ2) is 8.04. The van der Waals surface area contributed by atoms with Crippen molar-refractivity contribution >= 4 is 40.6 Å². The number of amides is 3. The van der Waals surface area contributed by atoms with Gasteiger partial charge in [-0.25, -0.2) is 4.79 Å². The fraction of sp³-hybridized carbons (Fsp3) is 0.143. The molecule has 5 nitrogen and oxygen atoms in total. The van der Waals surface area contributed by atoms with Crippen molar-refractivity contribution in [1.82, 2.24) is 10.6 Å². The molecule has 1 aliphatic heterocycles. The summed E-state index contributed by atoms with van der Waals surface area (Å²) in [5.41, 5.74) is 2.17. The maximum atomic E-state index is 13.0. The van der Waals surface area contributed by atoms with Crippen molar-refractivity contribution in [2.75, 3.05) is 18.0 Å². The largest absolute Gasteiger partial charge is 0.340 e. The summed E-state index contributed by atoms with van der Waals surface area (Å²) >= 11 is 7.59. The number of nitrogens with one attached hydrogen (secondary N) is 2. The van der Waals surface area contributed by atoms with E-state index in [1.54, 1.807) is 34.4 Å². The molecule has 3 amide bonds. The van der Waals surface area contributed by atoms with Gasteiger partial charge in [-0.2, -0.15) is 0 Å². The van der Waals surface area contributed by atoms with Gasteiger partial charge < -0.3 is 10.6 Å². The molecule has 0 radical (unpaired) electrons. The number of anilines is 1. The Labute approximate surface area is 171 Å². The lowest BCUT2D eigenvalue weighted by atomic mass is 10.0. The number of hydrogen-bond donors (Lipinski definition) is 2. The molecule has 1 unspecified atom stereocenters. The number of benzene rings is 2. The van der Waals surface area contributed by atoms with Crippen LogP contribution in [0, 0.1) is 0 Å². The van der Waals surface area contributed by atoms with E-state index in [9.17, 15) is 9.59 Å². The molecule has 0 aliphatic carbocycles. The van der Waals surface area contributed by atoms with Gasteiger partial charge in [-0.3, -0.25) is 9.69 Å². The molecule has 2 aromatic carbocycles. The van der Waals surface area contributed by atoms with Crippen LogP contribution in [0.1, 0.15) is 26.8 Å². The van der Waals surface area contributed by atoms with E-state index >= 15 is 0 Å². The zero-order chi connectivity index (χ0) is 19.5. The highest BCUT2D eigenvalue weighted by molar-refractivity contribution is 7.10. The average Bonchev–Trinajstić information content (AvgIpc) is 3.39. The van der Waals surface area contributed by atoms with Crippen molar-refractivity contribution in [3.8, 4) is 0 Å². The molecule has 0 saturated carbocycles. The van der Waals surface area contributed by atoms with Crippen LogP contribution in [0.4, 0.5) is 10.5 Å². The number of halogens is 1. The molecule has 0 spiro atoms. The first-order valence-corrected chi connectivity index (χ1v) is 10.1. The van der Waals surface area contributed by atoms with Crippen LogP contribution in [0.5, 0.6) is 0 Å². The van der Waals surface area contributed by atoms with Crippen LogP contribution in [0.15, 0.2) is 66.0 Å². The van der Waals surface area contributed by atoms with Gasteiger partial charge >= 0.3 is 6.03 Å². The molecule has 4 rings (SSSR count). The number of nitrogens with zero attached hydrogens (tertiary/aromatic N) is 1. The van der Waals surface area contributed by atoms with E-state index in [0.29, 0.717) is 29.4 Å². The highest BCUT2D eigenvalue weighted by Crippen LogP contribution is 2.28. The quantitative estimate of drug-likeness (QED) is 0.651. The van der Waals surface area contributed by atoms with Crippen LogP contribution < -0.4 is 15.5 Å². The van der Waals surface area contributed by atoms with Gasteiger partial charge in [0.1, 0.15) is 0 Å². The number of hydrogen-bond acceptors (Lipinski definition) is 3. The van der Waals surface area contributed by atoms with Gasteiger partial charge in [0, 0.05) is 34.2 Å². The van der Waals surface area contributed by atoms with Crippen LogP contribution in [0.25, 0.3) is 0 Å². The molecule has 1 aliphatic rings. The molecule has 1 atom stereocenters. The first-order chi connectivity index (χ1) is 13.6. The molecule has 2 heterocycles. The third-order valence-electron chi connectivity index (χ3n) is 4.58. The topological polar surface area (TPSA) is 61.4 Å². The van der Waals surface area contributed by atoms with Crippen molar-refractivity contribution < 1.29 is 9.59 Å². The van der Waals surface area contributed by atoms with Gasteiger partial charge in [-0.1, -0.05) is 35.9 Å². The molecule has 1 fully saturated rings. The normalized spacial score (nSPS) is 14.6. The third-order valence-corrected chi connectivity index (χ3v) is 5.77. The molecular formula is C21H18ClN3O2S. The fourth-order valence-electron chi connectivity index (χ4n) is 3.18. The molecule has 2 N–H and O–H groups in total. The summed E-state index contributed by atoms with van der Waals surface area (Å²) in [7, 11) is 0. The second-order valence-corrected chi connectivity index (χ2v) is 7.82. The minimum atomic E-state index is -0.275. The van der Waals surface area contributed by atoms with Crippen LogP contribution in [0.3, 0.4) is 0 Å². The van der Waals surface area contributed by atoms with Gasteiger partial charge in [0.15, 0.2) is 0 Å². The Hall–Kier alpha value is -2.83. The van der Waals surface area contributed by atoms with Crippen molar-refractivity contribution in [2.24, 2.45) is 0 Å². The number of carbonyl (C=O) groups excluding carboxylic acids is 2. The number of thiophene rings is 1. The fourth-order valence-corrected chi connectivity index (χ4v) is 4.11. The Morgan fingerprint density at radius 1 is 1.14 bits per heavy atom. The van der Waals surface area contributed by atoms with E-state index in [-0.39, 0.29) is 18.0 Å². The minimum absolute atomic E-state index is 0.143. The maximum Gasteiger partial charge on any atom is 0.321 e. The van der Waals surface area contributed by atoms with Gasteiger partial charge in [0.25, 0.3) is 5.91 Å². The van der Waals surface area contributed by atoms with Crippen molar-refractivity contribution in [3.63, 3.8) is 0 Å². The third kappa shape index (κ3) is 3.88. The Kier molecular flexibility index (Phi) is 5.32. The van der Waals surface area contributed by atoms with Crippen molar-refractivity contribution in [3.05, 3.63) is 87.1 Å². The summed E-state index contributed by atoms with van der Waals surface area (Å²) in [4.78, 5) is 27.6. The zero-order valence-electron chi connectivity index (χ0n) is 14.9. The number of rotatable bonds is 5. The lowest BCUT2D eigenvalue weighted by molar-refractivity contribution is 0.0943. The smallest absolute Gasteiger partial charge is 0.321 e. The molecule has 28 heavy (non-hydrogen) atoms. The van der Waals surface area contributed by atoms with Crippen LogP contribution >= 0.6 is 22.9 Å². The van der Waals surface area contributed by atoms with E-state index in [1.807, 2.05) is 47.8 Å². The highest BCUT2D eigenvalue weighted by atomic mass is 35.5. The Balaban J connectivity index is 1.60. The maximum absolute atomic E-state index is 13.0. The predicted molar refractivity (Wildman–Crippen MR) is 112 cm³/mol. The summed E-state index contributed by atoms with van der Waals surface area (Å²) in [6, 6.07) is 18.1. The molecular weight excluding hydrogens is 394 g/mol. The predicted octanol–water partition coefficient (Wildman–Crippen LogP) is 4.45. The van der Waals surface area contributed by atoms with Crippen LogP contribution in [-0.2, 0) is 0 Å². The summed E-state index contributed by atoms with van der Waals surface area (Å²) in [5.74, 6) is -0.199. The Bertz CT molecular complexity index is 989. The second-order valence-electron chi connectivity index (χ2n) is 6.41. The molecule has 142 valence electrons. The van der Waals surface area contributed by atoms with Crippen LogP contribution in [0.2, 0.25) is 5.02 Å². The summed E-state index contributed by atoms with van der Waals surface area (Å²) in [6.07, 6.45) is 0. The summed E-state index contributed by atoms with van der Waals surface area (Å²) < 4.78 is 0. The average molecular weight is 412 g/mol. The molecule has 0 bridgehead atoms. The Morgan fingerprint density at radius 3 is 2.64 bits per heavy atom. The molecule has 1 aromatic heterocycles. The lowest BCUT2D eigenvalue weighted by Gasteiger charge is -2.19. The van der Waals surface area contributed by atoms with Gasteiger partial charge in [-0.15, -0.1) is 11.3 Å². The van der Waals surface area contributed by atoms with E-state index in [0.717, 1.165) is 10.4 Å². The van der Waals surface area contributed by atoms with Crippen molar-refractivity contribution in [2.45, 2.75) is 6.04 Å². The van der Waals surface area contributed by atoms with E-state index < -0.39 is 0 Å².